The fourth-order valence-electron chi connectivity index (χ4n) is 1.63. The zero-order valence-corrected chi connectivity index (χ0v) is 9.60. The number of H-pyrrole nitrogens is 1. The molecule has 1 atom stereocenters. The number of nitrogens with one attached hydrogen (secondary N) is 2. The summed E-state index contributed by atoms with van der Waals surface area (Å²) >= 11 is 0. The van der Waals surface area contributed by atoms with Crippen LogP contribution in [0, 0.1) is 0 Å². The first-order chi connectivity index (χ1) is 8.24. The molecule has 5 nitrogen and oxygen atoms in total. The summed E-state index contributed by atoms with van der Waals surface area (Å²) in [7, 11) is 0. The maximum absolute atomic E-state index is 11.9. The second-order valence-corrected chi connectivity index (χ2v) is 3.93. The van der Waals surface area contributed by atoms with Crippen LogP contribution in [0.25, 0.3) is 10.9 Å². The van der Waals surface area contributed by atoms with Crippen molar-refractivity contribution in [2.75, 3.05) is 6.61 Å². The molecule has 90 valence electrons. The molecule has 0 spiro atoms. The van der Waals surface area contributed by atoms with Crippen LogP contribution in [0.1, 0.15) is 23.7 Å². The molecule has 1 aromatic heterocycles. The molecule has 0 unspecified atom stereocenters. The Morgan fingerprint density at radius 1 is 1.59 bits per heavy atom. The quantitative estimate of drug-likeness (QED) is 0.739. The van der Waals surface area contributed by atoms with Crippen molar-refractivity contribution >= 4 is 16.8 Å². The van der Waals surface area contributed by atoms with Crippen LogP contribution in [0.4, 0.5) is 0 Å². The van der Waals surface area contributed by atoms with Crippen LogP contribution in [-0.4, -0.2) is 33.9 Å². The number of hydrogen-bond donors (Lipinski definition) is 3. The van der Waals surface area contributed by atoms with E-state index in [4.69, 9.17) is 5.11 Å². The van der Waals surface area contributed by atoms with E-state index in [1.807, 2.05) is 13.0 Å². The van der Waals surface area contributed by atoms with Gasteiger partial charge in [0, 0.05) is 10.9 Å². The predicted molar refractivity (Wildman–Crippen MR) is 64.7 cm³/mol. The Labute approximate surface area is 98.8 Å². The van der Waals surface area contributed by atoms with Gasteiger partial charge in [-0.15, -0.1) is 0 Å². The number of carbonyl (C=O) groups excluding carboxylic acids is 1. The minimum atomic E-state index is -0.192. The number of rotatable bonds is 4. The van der Waals surface area contributed by atoms with Gasteiger partial charge in [0.15, 0.2) is 0 Å². The van der Waals surface area contributed by atoms with E-state index in [-0.39, 0.29) is 18.6 Å². The number of aliphatic hydroxyl groups is 1. The van der Waals surface area contributed by atoms with Gasteiger partial charge in [0.05, 0.1) is 24.4 Å². The average Bonchev–Trinajstić information content (AvgIpc) is 2.82. The maximum Gasteiger partial charge on any atom is 0.251 e. The van der Waals surface area contributed by atoms with Gasteiger partial charge in [-0.2, -0.15) is 5.10 Å². The minimum Gasteiger partial charge on any atom is -0.394 e. The van der Waals surface area contributed by atoms with E-state index in [1.165, 1.54) is 0 Å². The topological polar surface area (TPSA) is 78.0 Å². The minimum absolute atomic E-state index is 0.0454. The van der Waals surface area contributed by atoms with E-state index in [0.717, 1.165) is 10.9 Å². The van der Waals surface area contributed by atoms with Crippen LogP contribution in [0.15, 0.2) is 24.4 Å². The summed E-state index contributed by atoms with van der Waals surface area (Å²) in [5.41, 5.74) is 1.47. The highest BCUT2D eigenvalue weighted by Gasteiger charge is 2.11. The van der Waals surface area contributed by atoms with Crippen molar-refractivity contribution in [1.82, 2.24) is 15.5 Å². The summed E-state index contributed by atoms with van der Waals surface area (Å²) in [6.07, 6.45) is 2.38. The average molecular weight is 233 g/mol. The van der Waals surface area contributed by atoms with Gasteiger partial charge in [0.2, 0.25) is 0 Å². The van der Waals surface area contributed by atoms with Crippen molar-refractivity contribution < 1.29 is 9.90 Å². The van der Waals surface area contributed by atoms with Crippen molar-refractivity contribution in [2.45, 2.75) is 19.4 Å². The lowest BCUT2D eigenvalue weighted by molar-refractivity contribution is 0.0915. The molecule has 0 bridgehead atoms. The molecule has 0 aliphatic heterocycles. The van der Waals surface area contributed by atoms with Crippen molar-refractivity contribution in [2.24, 2.45) is 0 Å². The van der Waals surface area contributed by atoms with Crippen molar-refractivity contribution in [3.05, 3.63) is 30.0 Å². The molecule has 0 fully saturated rings. The number of aliphatic hydroxyl groups excluding tert-OH is 1. The molecule has 2 rings (SSSR count). The van der Waals surface area contributed by atoms with Crippen LogP contribution >= 0.6 is 0 Å². The highest BCUT2D eigenvalue weighted by atomic mass is 16.3. The number of aromatic nitrogens is 2. The molecule has 2 aromatic rings. The van der Waals surface area contributed by atoms with Gasteiger partial charge in [-0.3, -0.25) is 9.89 Å². The first-order valence-electron chi connectivity index (χ1n) is 5.59. The standard InChI is InChI=1S/C12H15N3O2/c1-2-10(7-16)14-12(17)8-3-4-11-9(5-8)6-13-15-11/h3-6,10,16H,2,7H2,1H3,(H,13,15)(H,14,17)/t10-/m1/s1. The highest BCUT2D eigenvalue weighted by Crippen LogP contribution is 2.12. The summed E-state index contributed by atoms with van der Waals surface area (Å²) in [6.45, 7) is 1.87. The van der Waals surface area contributed by atoms with E-state index in [2.05, 4.69) is 15.5 Å². The zero-order valence-electron chi connectivity index (χ0n) is 9.60. The molecule has 0 aliphatic carbocycles. The number of amides is 1. The van der Waals surface area contributed by atoms with Crippen molar-refractivity contribution in [3.63, 3.8) is 0 Å². The number of aromatic amines is 1. The monoisotopic (exact) mass is 233 g/mol. The molecule has 1 aromatic carbocycles. The van der Waals surface area contributed by atoms with Gasteiger partial charge in [0.25, 0.3) is 5.91 Å². The van der Waals surface area contributed by atoms with Crippen LogP contribution in [0.3, 0.4) is 0 Å². The molecule has 0 saturated heterocycles. The number of benzene rings is 1. The Kier molecular flexibility index (Phi) is 3.39. The molecule has 3 N–H and O–H groups in total. The van der Waals surface area contributed by atoms with Crippen LogP contribution in [0.2, 0.25) is 0 Å². The Balaban J connectivity index is 2.18. The molecule has 17 heavy (non-hydrogen) atoms. The molecule has 1 amide bonds. The Bertz CT molecular complexity index is 517. The van der Waals surface area contributed by atoms with Crippen LogP contribution in [-0.2, 0) is 0 Å². The number of hydrogen-bond acceptors (Lipinski definition) is 3. The third-order valence-electron chi connectivity index (χ3n) is 2.75. The molecular formula is C12H15N3O2. The van der Waals surface area contributed by atoms with Gasteiger partial charge in [-0.25, -0.2) is 0 Å². The Morgan fingerprint density at radius 3 is 3.12 bits per heavy atom. The molecule has 5 heteroatoms. The second kappa shape index (κ2) is 4.97. The van der Waals surface area contributed by atoms with E-state index in [1.54, 1.807) is 18.3 Å². The highest BCUT2D eigenvalue weighted by molar-refractivity contribution is 5.97. The van der Waals surface area contributed by atoms with Crippen molar-refractivity contribution in [3.8, 4) is 0 Å². The lowest BCUT2D eigenvalue weighted by Gasteiger charge is -2.13. The first kappa shape index (κ1) is 11.6. The van der Waals surface area contributed by atoms with E-state index in [0.29, 0.717) is 12.0 Å². The number of fused-ring (bicyclic) bond motifs is 1. The van der Waals surface area contributed by atoms with Gasteiger partial charge in [-0.05, 0) is 24.6 Å². The SMILES string of the molecule is CC[C@H](CO)NC(=O)c1ccc2[nH]ncc2c1. The van der Waals surface area contributed by atoms with Gasteiger partial charge in [-0.1, -0.05) is 6.92 Å². The molecule has 1 heterocycles. The van der Waals surface area contributed by atoms with Gasteiger partial charge in [0.1, 0.15) is 0 Å². The Morgan fingerprint density at radius 2 is 2.41 bits per heavy atom. The normalized spacial score (nSPS) is 12.6. The summed E-state index contributed by atoms with van der Waals surface area (Å²) in [5.74, 6) is -0.172. The smallest absolute Gasteiger partial charge is 0.251 e. The fourth-order valence-corrected chi connectivity index (χ4v) is 1.63. The largest absolute Gasteiger partial charge is 0.394 e. The molecular weight excluding hydrogens is 218 g/mol. The number of nitrogens with zero attached hydrogens (tertiary/aromatic N) is 1. The summed E-state index contributed by atoms with van der Waals surface area (Å²) < 4.78 is 0. The first-order valence-corrected chi connectivity index (χ1v) is 5.59. The predicted octanol–water partition coefficient (Wildman–Crippen LogP) is 1.06. The number of carbonyl (C=O) groups is 1. The zero-order chi connectivity index (χ0) is 12.3. The summed E-state index contributed by atoms with van der Waals surface area (Å²) in [4.78, 5) is 11.9. The molecule has 0 radical (unpaired) electrons. The maximum atomic E-state index is 11.9. The molecule has 0 saturated carbocycles. The van der Waals surface area contributed by atoms with Crippen LogP contribution in [0.5, 0.6) is 0 Å². The molecule has 0 aliphatic rings. The third kappa shape index (κ3) is 2.45. The van der Waals surface area contributed by atoms with Gasteiger partial charge < -0.3 is 10.4 Å². The van der Waals surface area contributed by atoms with Crippen LogP contribution < -0.4 is 5.32 Å². The van der Waals surface area contributed by atoms with Gasteiger partial charge >= 0.3 is 0 Å². The van der Waals surface area contributed by atoms with E-state index >= 15 is 0 Å². The second-order valence-electron chi connectivity index (χ2n) is 3.93. The summed E-state index contributed by atoms with van der Waals surface area (Å²) in [6, 6.07) is 5.14. The van der Waals surface area contributed by atoms with E-state index < -0.39 is 0 Å². The van der Waals surface area contributed by atoms with E-state index in [9.17, 15) is 4.79 Å². The van der Waals surface area contributed by atoms with Crippen molar-refractivity contribution in [1.29, 1.82) is 0 Å². The Hall–Kier alpha value is -1.88. The summed E-state index contributed by atoms with van der Waals surface area (Å²) in [5, 5.41) is 19.4. The lowest BCUT2D eigenvalue weighted by Crippen LogP contribution is -2.36. The lowest BCUT2D eigenvalue weighted by atomic mass is 10.1. The third-order valence-corrected chi connectivity index (χ3v) is 2.75. The fraction of sp³-hybridized carbons (Fsp3) is 0.333.